The Balaban J connectivity index is 1.61. The van der Waals surface area contributed by atoms with E-state index in [4.69, 9.17) is 9.47 Å². The van der Waals surface area contributed by atoms with Gasteiger partial charge >= 0.3 is 0 Å². The van der Waals surface area contributed by atoms with Gasteiger partial charge in [0.1, 0.15) is 0 Å². The average Bonchev–Trinajstić information content (AvgIpc) is 3.01. The van der Waals surface area contributed by atoms with E-state index in [1.54, 1.807) is 7.11 Å². The van der Waals surface area contributed by atoms with Gasteiger partial charge in [-0.25, -0.2) is 0 Å². The van der Waals surface area contributed by atoms with Crippen LogP contribution in [0.2, 0.25) is 0 Å². The van der Waals surface area contributed by atoms with Crippen LogP contribution >= 0.6 is 0 Å². The monoisotopic (exact) mass is 296 g/mol. The van der Waals surface area contributed by atoms with Crippen molar-refractivity contribution in [3.05, 3.63) is 0 Å². The quantitative estimate of drug-likeness (QED) is 0.780. The molecule has 0 aromatic rings. The summed E-state index contributed by atoms with van der Waals surface area (Å²) < 4.78 is 11.5. The Morgan fingerprint density at radius 1 is 1.29 bits per heavy atom. The van der Waals surface area contributed by atoms with E-state index in [0.717, 1.165) is 71.5 Å². The number of piperidine rings is 1. The first-order valence-corrected chi connectivity index (χ1v) is 8.34. The molecule has 0 aliphatic carbocycles. The number of nitrogens with zero attached hydrogens (tertiary/aromatic N) is 2. The van der Waals surface area contributed by atoms with Gasteiger partial charge in [0, 0.05) is 45.3 Å². The number of ether oxygens (including phenoxy) is 2. The predicted octanol–water partition coefficient (Wildman–Crippen LogP) is 1.13. The van der Waals surface area contributed by atoms with Gasteiger partial charge in [0.05, 0.1) is 19.3 Å². The van der Waals surface area contributed by atoms with Crippen molar-refractivity contribution in [2.24, 2.45) is 5.41 Å². The van der Waals surface area contributed by atoms with Crippen molar-refractivity contribution in [1.29, 1.82) is 0 Å². The summed E-state index contributed by atoms with van der Waals surface area (Å²) in [5, 5.41) is 0. The van der Waals surface area contributed by atoms with Gasteiger partial charge in [0.15, 0.2) is 0 Å². The topological polar surface area (TPSA) is 42.0 Å². The fourth-order valence-electron chi connectivity index (χ4n) is 4.27. The molecule has 3 heterocycles. The largest absolute Gasteiger partial charge is 0.384 e. The summed E-state index contributed by atoms with van der Waals surface area (Å²) in [6.07, 6.45) is 5.92. The van der Waals surface area contributed by atoms with Crippen molar-refractivity contribution in [1.82, 2.24) is 9.80 Å². The van der Waals surface area contributed by atoms with E-state index < -0.39 is 0 Å². The third-order valence-electron chi connectivity index (χ3n) is 5.32. The molecule has 3 rings (SSSR count). The number of carbonyl (C=O) groups is 1. The third kappa shape index (κ3) is 3.25. The van der Waals surface area contributed by atoms with E-state index >= 15 is 0 Å². The van der Waals surface area contributed by atoms with E-state index in [1.165, 1.54) is 0 Å². The highest BCUT2D eigenvalue weighted by molar-refractivity contribution is 5.78. The van der Waals surface area contributed by atoms with Crippen LogP contribution in [0, 0.1) is 5.41 Å². The van der Waals surface area contributed by atoms with Gasteiger partial charge in [-0.3, -0.25) is 9.69 Å². The van der Waals surface area contributed by atoms with Crippen LogP contribution < -0.4 is 0 Å². The first kappa shape index (κ1) is 15.3. The van der Waals surface area contributed by atoms with Gasteiger partial charge in [0.2, 0.25) is 5.91 Å². The van der Waals surface area contributed by atoms with Gasteiger partial charge in [-0.15, -0.1) is 0 Å². The highest BCUT2D eigenvalue weighted by Crippen LogP contribution is 2.40. The zero-order chi connectivity index (χ0) is 14.7. The van der Waals surface area contributed by atoms with Crippen LogP contribution in [0.25, 0.3) is 0 Å². The van der Waals surface area contributed by atoms with Crippen LogP contribution in [0.4, 0.5) is 0 Å². The minimum atomic E-state index is 0.0938. The van der Waals surface area contributed by atoms with Crippen LogP contribution in [0.15, 0.2) is 0 Å². The molecule has 21 heavy (non-hydrogen) atoms. The SMILES string of the molecule is COCC12CCCOC1CCN(CC(=O)N1CCCC1)C2. The number of amides is 1. The van der Waals surface area contributed by atoms with Crippen LogP contribution in [-0.4, -0.2) is 74.9 Å². The summed E-state index contributed by atoms with van der Waals surface area (Å²) in [6.45, 7) is 5.98. The van der Waals surface area contributed by atoms with E-state index in [2.05, 4.69) is 4.90 Å². The molecule has 0 N–H and O–H groups in total. The Hall–Kier alpha value is -0.650. The fourth-order valence-corrected chi connectivity index (χ4v) is 4.27. The average molecular weight is 296 g/mol. The Kier molecular flexibility index (Phi) is 4.82. The number of methoxy groups -OCH3 is 1. The summed E-state index contributed by atoms with van der Waals surface area (Å²) in [5.74, 6) is 0.301. The molecule has 0 radical (unpaired) electrons. The number of carbonyl (C=O) groups excluding carboxylic acids is 1. The van der Waals surface area contributed by atoms with Crippen molar-refractivity contribution in [3.8, 4) is 0 Å². The maximum Gasteiger partial charge on any atom is 0.236 e. The summed E-state index contributed by atoms with van der Waals surface area (Å²) >= 11 is 0. The smallest absolute Gasteiger partial charge is 0.236 e. The maximum absolute atomic E-state index is 12.4. The standard InChI is InChI=1S/C16H28N2O3/c1-20-13-16-6-4-10-21-14(16)5-9-17(12-16)11-15(19)18-7-2-3-8-18/h14H,2-13H2,1H3. The van der Waals surface area contributed by atoms with Gasteiger partial charge in [-0.05, 0) is 32.1 Å². The summed E-state index contributed by atoms with van der Waals surface area (Å²) in [4.78, 5) is 16.7. The lowest BCUT2D eigenvalue weighted by atomic mass is 9.73. The van der Waals surface area contributed by atoms with Gasteiger partial charge < -0.3 is 14.4 Å². The lowest BCUT2D eigenvalue weighted by Crippen LogP contribution is -2.58. The molecule has 3 aliphatic heterocycles. The number of fused-ring (bicyclic) bond motifs is 1. The maximum atomic E-state index is 12.4. The first-order valence-electron chi connectivity index (χ1n) is 8.34. The molecule has 0 bridgehead atoms. The molecule has 3 aliphatic rings. The normalized spacial score (nSPS) is 34.0. The van der Waals surface area contributed by atoms with Crippen molar-refractivity contribution in [2.45, 2.75) is 38.2 Å². The molecule has 5 nitrogen and oxygen atoms in total. The van der Waals surface area contributed by atoms with E-state index in [0.29, 0.717) is 18.6 Å². The molecule has 3 saturated heterocycles. The number of likely N-dealkylation sites (tertiary alicyclic amines) is 2. The van der Waals surface area contributed by atoms with E-state index in [9.17, 15) is 4.79 Å². The first-order chi connectivity index (χ1) is 10.2. The second-order valence-corrected chi connectivity index (χ2v) is 6.85. The van der Waals surface area contributed by atoms with Crippen molar-refractivity contribution >= 4 is 5.91 Å². The molecule has 0 aromatic carbocycles. The lowest BCUT2D eigenvalue weighted by molar-refractivity contribution is -0.154. The molecule has 0 aromatic heterocycles. The summed E-state index contributed by atoms with van der Waals surface area (Å²) in [7, 11) is 1.77. The Morgan fingerprint density at radius 3 is 2.86 bits per heavy atom. The van der Waals surface area contributed by atoms with Gasteiger partial charge in [0.25, 0.3) is 0 Å². The molecule has 0 spiro atoms. The van der Waals surface area contributed by atoms with E-state index in [-0.39, 0.29) is 5.41 Å². The van der Waals surface area contributed by atoms with Crippen LogP contribution in [0.1, 0.15) is 32.1 Å². The van der Waals surface area contributed by atoms with Gasteiger partial charge in [-0.1, -0.05) is 0 Å². The van der Waals surface area contributed by atoms with E-state index in [1.807, 2.05) is 4.90 Å². The fraction of sp³-hybridized carbons (Fsp3) is 0.938. The zero-order valence-corrected chi connectivity index (χ0v) is 13.2. The van der Waals surface area contributed by atoms with Crippen molar-refractivity contribution < 1.29 is 14.3 Å². The Labute approximate surface area is 127 Å². The molecule has 0 saturated carbocycles. The third-order valence-corrected chi connectivity index (χ3v) is 5.32. The van der Waals surface area contributed by atoms with Crippen molar-refractivity contribution in [2.75, 3.05) is 53.0 Å². The predicted molar refractivity (Wildman–Crippen MR) is 80.2 cm³/mol. The number of rotatable bonds is 4. The Bertz CT molecular complexity index is 367. The molecule has 2 atom stereocenters. The van der Waals surface area contributed by atoms with Crippen LogP contribution in [-0.2, 0) is 14.3 Å². The second kappa shape index (κ2) is 6.63. The summed E-state index contributed by atoms with van der Waals surface area (Å²) in [6, 6.07) is 0. The lowest BCUT2D eigenvalue weighted by Gasteiger charge is -2.50. The minimum absolute atomic E-state index is 0.0938. The molecule has 1 amide bonds. The highest BCUT2D eigenvalue weighted by atomic mass is 16.5. The highest BCUT2D eigenvalue weighted by Gasteiger charge is 2.46. The Morgan fingerprint density at radius 2 is 2.10 bits per heavy atom. The molecule has 5 heteroatoms. The zero-order valence-electron chi connectivity index (χ0n) is 13.2. The molecule has 2 unspecified atom stereocenters. The van der Waals surface area contributed by atoms with Gasteiger partial charge in [-0.2, -0.15) is 0 Å². The molecular weight excluding hydrogens is 268 g/mol. The summed E-state index contributed by atoms with van der Waals surface area (Å²) in [5.41, 5.74) is 0.0938. The molecule has 3 fully saturated rings. The van der Waals surface area contributed by atoms with Crippen LogP contribution in [0.3, 0.4) is 0 Å². The van der Waals surface area contributed by atoms with Crippen molar-refractivity contribution in [3.63, 3.8) is 0 Å². The second-order valence-electron chi connectivity index (χ2n) is 6.85. The molecular formula is C16H28N2O3. The molecule has 120 valence electrons. The van der Waals surface area contributed by atoms with Crippen LogP contribution in [0.5, 0.6) is 0 Å². The number of hydrogen-bond donors (Lipinski definition) is 0. The number of hydrogen-bond acceptors (Lipinski definition) is 4. The minimum Gasteiger partial charge on any atom is -0.384 e.